The third kappa shape index (κ3) is 7.21. The minimum absolute atomic E-state index is 0.0667. The van der Waals surface area contributed by atoms with Crippen LogP contribution in [0.3, 0.4) is 0 Å². The Bertz CT molecular complexity index is 1380. The van der Waals surface area contributed by atoms with Crippen molar-refractivity contribution >= 4 is 41.1 Å². The quantitative estimate of drug-likeness (QED) is 0.357. The SMILES string of the molecule is CC(C)(C)OC(=O)N[C@H]1CSc2ccc(-c3nnc(CC(F)(F)F)o3)c(F)c2N(Cc2ccc(Cl)cc2)C1=O. The molecule has 4 rings (SSSR count). The number of halogens is 5. The Morgan fingerprint density at radius 3 is 2.51 bits per heavy atom. The van der Waals surface area contributed by atoms with Crippen molar-refractivity contribution in [1.82, 2.24) is 15.5 Å². The third-order valence-electron chi connectivity index (χ3n) is 5.31. The summed E-state index contributed by atoms with van der Waals surface area (Å²) < 4.78 is 64.7. The molecule has 1 aliphatic rings. The number of alkyl carbamates (subject to hydrolysis) is 1. The van der Waals surface area contributed by atoms with Gasteiger partial charge in [-0.25, -0.2) is 9.18 Å². The van der Waals surface area contributed by atoms with E-state index in [0.717, 1.165) is 16.7 Å². The van der Waals surface area contributed by atoms with Crippen LogP contribution in [0, 0.1) is 5.82 Å². The van der Waals surface area contributed by atoms with E-state index in [2.05, 4.69) is 15.5 Å². The highest BCUT2D eigenvalue weighted by atomic mass is 35.5. The van der Waals surface area contributed by atoms with Gasteiger partial charge in [-0.15, -0.1) is 22.0 Å². The smallest absolute Gasteiger partial charge is 0.408 e. The Kier molecular flexibility index (Phi) is 8.12. The second-order valence-electron chi connectivity index (χ2n) is 9.63. The summed E-state index contributed by atoms with van der Waals surface area (Å²) in [4.78, 5) is 27.7. The molecule has 3 aromatic rings. The highest BCUT2D eigenvalue weighted by Crippen LogP contribution is 2.41. The molecule has 8 nitrogen and oxygen atoms in total. The Hall–Kier alpha value is -3.32. The van der Waals surface area contributed by atoms with Crippen molar-refractivity contribution in [1.29, 1.82) is 0 Å². The van der Waals surface area contributed by atoms with E-state index in [-0.39, 0.29) is 23.5 Å². The number of hydrogen-bond donors (Lipinski definition) is 1. The monoisotopic (exact) mass is 586 g/mol. The Labute approximate surface area is 230 Å². The van der Waals surface area contributed by atoms with Crippen LogP contribution in [-0.2, 0) is 22.5 Å². The van der Waals surface area contributed by atoms with Gasteiger partial charge in [-0.1, -0.05) is 23.7 Å². The van der Waals surface area contributed by atoms with Crippen LogP contribution in [0.25, 0.3) is 11.5 Å². The average molecular weight is 587 g/mol. The molecule has 2 amide bonds. The molecule has 1 N–H and O–H groups in total. The number of nitrogens with one attached hydrogen (secondary N) is 1. The lowest BCUT2D eigenvalue weighted by atomic mass is 10.1. The number of benzene rings is 2. The summed E-state index contributed by atoms with van der Waals surface area (Å²) in [5, 5.41) is 9.96. The molecule has 0 saturated carbocycles. The molecule has 14 heteroatoms. The predicted molar refractivity (Wildman–Crippen MR) is 136 cm³/mol. The molecule has 0 saturated heterocycles. The highest BCUT2D eigenvalue weighted by Gasteiger charge is 2.37. The number of carbonyl (C=O) groups excluding carboxylic acids is 2. The summed E-state index contributed by atoms with van der Waals surface area (Å²) in [6.45, 7) is 4.92. The molecule has 0 unspecified atom stereocenters. The number of alkyl halides is 3. The van der Waals surface area contributed by atoms with E-state index in [1.54, 1.807) is 45.0 Å². The van der Waals surface area contributed by atoms with E-state index in [1.165, 1.54) is 12.1 Å². The van der Waals surface area contributed by atoms with Crippen LogP contribution in [0.15, 0.2) is 45.7 Å². The molecule has 208 valence electrons. The predicted octanol–water partition coefficient (Wildman–Crippen LogP) is 6.17. The van der Waals surface area contributed by atoms with Gasteiger partial charge in [0.1, 0.15) is 18.1 Å². The summed E-state index contributed by atoms with van der Waals surface area (Å²) in [7, 11) is 0. The number of aromatic nitrogens is 2. The fraction of sp³-hybridized carbons (Fsp3) is 0.360. The van der Waals surface area contributed by atoms with Gasteiger partial charge in [0.2, 0.25) is 5.89 Å². The molecule has 2 aromatic carbocycles. The van der Waals surface area contributed by atoms with Gasteiger partial charge in [0.25, 0.3) is 11.8 Å². The standard InChI is InChI=1S/C25H23ClF4N4O4S/c1-24(2,3)38-23(36)31-16-12-39-17-9-8-15(21-33-32-18(37-21)10-25(28,29)30)19(27)20(17)34(22(16)35)11-13-4-6-14(26)7-5-13/h4-9,16H,10-12H2,1-3H3,(H,31,36)/t16-/m0/s1. The lowest BCUT2D eigenvalue weighted by Crippen LogP contribution is -2.50. The van der Waals surface area contributed by atoms with Crippen molar-refractivity contribution in [3.05, 3.63) is 58.7 Å². The largest absolute Gasteiger partial charge is 0.444 e. The minimum atomic E-state index is -4.59. The van der Waals surface area contributed by atoms with Gasteiger partial charge >= 0.3 is 12.3 Å². The molecular formula is C25H23ClF4N4O4S. The number of rotatable bonds is 5. The number of thioether (sulfide) groups is 1. The molecule has 1 aliphatic heterocycles. The Morgan fingerprint density at radius 2 is 1.87 bits per heavy atom. The van der Waals surface area contributed by atoms with Crippen LogP contribution in [-0.4, -0.2) is 45.8 Å². The molecule has 0 aliphatic carbocycles. The lowest BCUT2D eigenvalue weighted by Gasteiger charge is -2.27. The van der Waals surface area contributed by atoms with E-state index in [4.69, 9.17) is 20.8 Å². The highest BCUT2D eigenvalue weighted by molar-refractivity contribution is 7.99. The van der Waals surface area contributed by atoms with E-state index in [9.17, 15) is 22.8 Å². The molecule has 0 spiro atoms. The number of fused-ring (bicyclic) bond motifs is 1. The summed E-state index contributed by atoms with van der Waals surface area (Å²) in [6.07, 6.45) is -6.88. The second-order valence-corrected chi connectivity index (χ2v) is 11.1. The number of nitrogens with zero attached hydrogens (tertiary/aromatic N) is 3. The topological polar surface area (TPSA) is 97.6 Å². The molecule has 0 fully saturated rings. The number of hydrogen-bond acceptors (Lipinski definition) is 7. The first-order valence-electron chi connectivity index (χ1n) is 11.6. The van der Waals surface area contributed by atoms with Crippen LogP contribution in [0.5, 0.6) is 0 Å². The number of amides is 2. The average Bonchev–Trinajstić information content (AvgIpc) is 3.21. The summed E-state index contributed by atoms with van der Waals surface area (Å²) >= 11 is 7.10. The maximum absolute atomic E-state index is 16.1. The van der Waals surface area contributed by atoms with Crippen molar-refractivity contribution in [2.75, 3.05) is 10.7 Å². The molecular weight excluding hydrogens is 564 g/mol. The lowest BCUT2D eigenvalue weighted by molar-refractivity contribution is -0.130. The van der Waals surface area contributed by atoms with Gasteiger partial charge in [-0.2, -0.15) is 13.2 Å². The third-order valence-corrected chi connectivity index (χ3v) is 6.70. The Morgan fingerprint density at radius 1 is 1.18 bits per heavy atom. The van der Waals surface area contributed by atoms with Crippen molar-refractivity contribution in [3.63, 3.8) is 0 Å². The molecule has 39 heavy (non-hydrogen) atoms. The minimum Gasteiger partial charge on any atom is -0.444 e. The van der Waals surface area contributed by atoms with Crippen LogP contribution < -0.4 is 10.2 Å². The van der Waals surface area contributed by atoms with E-state index in [0.29, 0.717) is 15.5 Å². The maximum Gasteiger partial charge on any atom is 0.408 e. The Balaban J connectivity index is 1.73. The fourth-order valence-electron chi connectivity index (χ4n) is 3.71. The number of ether oxygens (including phenoxy) is 1. The first kappa shape index (κ1) is 28.7. The van der Waals surface area contributed by atoms with Crippen LogP contribution in [0.2, 0.25) is 5.02 Å². The zero-order chi connectivity index (χ0) is 28.5. The van der Waals surface area contributed by atoms with E-state index < -0.39 is 53.8 Å². The second kappa shape index (κ2) is 11.0. The van der Waals surface area contributed by atoms with E-state index >= 15 is 4.39 Å². The van der Waals surface area contributed by atoms with Gasteiger partial charge < -0.3 is 19.4 Å². The van der Waals surface area contributed by atoms with Gasteiger partial charge in [-0.3, -0.25) is 4.79 Å². The number of carbonyl (C=O) groups is 2. The van der Waals surface area contributed by atoms with Gasteiger partial charge in [0.15, 0.2) is 5.82 Å². The molecule has 2 heterocycles. The molecule has 0 radical (unpaired) electrons. The van der Waals surface area contributed by atoms with Crippen LogP contribution in [0.4, 0.5) is 28.0 Å². The van der Waals surface area contributed by atoms with Crippen molar-refractivity contribution < 1.29 is 36.3 Å². The summed E-state index contributed by atoms with van der Waals surface area (Å²) in [5.41, 5.74) is -0.617. The summed E-state index contributed by atoms with van der Waals surface area (Å²) in [5.74, 6) is -2.69. The zero-order valence-electron chi connectivity index (χ0n) is 20.9. The van der Waals surface area contributed by atoms with Crippen LogP contribution >= 0.6 is 23.4 Å². The van der Waals surface area contributed by atoms with Crippen molar-refractivity contribution in [2.24, 2.45) is 0 Å². The van der Waals surface area contributed by atoms with Crippen molar-refractivity contribution in [2.45, 2.75) is 56.5 Å². The molecule has 1 aromatic heterocycles. The van der Waals surface area contributed by atoms with Crippen molar-refractivity contribution in [3.8, 4) is 11.5 Å². The first-order chi connectivity index (χ1) is 18.2. The fourth-order valence-corrected chi connectivity index (χ4v) is 4.91. The van der Waals surface area contributed by atoms with Gasteiger partial charge in [0, 0.05) is 15.7 Å². The van der Waals surface area contributed by atoms with Gasteiger partial charge in [0.05, 0.1) is 17.8 Å². The number of anilines is 1. The summed E-state index contributed by atoms with van der Waals surface area (Å²) in [6, 6.07) is 8.26. The zero-order valence-corrected chi connectivity index (χ0v) is 22.5. The maximum atomic E-state index is 16.1. The van der Waals surface area contributed by atoms with E-state index in [1.807, 2.05) is 0 Å². The van der Waals surface area contributed by atoms with Gasteiger partial charge in [-0.05, 0) is 50.6 Å². The van der Waals surface area contributed by atoms with Crippen LogP contribution in [0.1, 0.15) is 32.2 Å². The first-order valence-corrected chi connectivity index (χ1v) is 13.0. The molecule has 1 atom stereocenters. The molecule has 0 bridgehead atoms. The normalized spacial score (nSPS) is 16.1.